The van der Waals surface area contributed by atoms with Gasteiger partial charge in [-0.25, -0.2) is 4.98 Å². The van der Waals surface area contributed by atoms with Gasteiger partial charge in [-0.3, -0.25) is 9.69 Å². The first-order chi connectivity index (χ1) is 14.1. The number of nitrogens with one attached hydrogen (secondary N) is 1. The van der Waals surface area contributed by atoms with E-state index in [1.54, 1.807) is 0 Å². The van der Waals surface area contributed by atoms with E-state index in [4.69, 9.17) is 4.98 Å². The average molecular weight is 413 g/mol. The molecule has 2 aliphatic rings. The van der Waals surface area contributed by atoms with Crippen LogP contribution in [-0.4, -0.2) is 54.6 Å². The zero-order valence-corrected chi connectivity index (χ0v) is 18.4. The van der Waals surface area contributed by atoms with Crippen molar-refractivity contribution in [3.63, 3.8) is 0 Å². The van der Waals surface area contributed by atoms with Crippen LogP contribution in [-0.2, 0) is 19.3 Å². The number of amides is 1. The van der Waals surface area contributed by atoms with Gasteiger partial charge in [0.05, 0.1) is 10.7 Å². The molecule has 1 N–H and O–H groups in total. The summed E-state index contributed by atoms with van der Waals surface area (Å²) in [5.74, 6) is 0.00231. The summed E-state index contributed by atoms with van der Waals surface area (Å²) in [6, 6.07) is 8.66. The summed E-state index contributed by atoms with van der Waals surface area (Å²) in [7, 11) is 0. The molecule has 0 atom stereocenters. The largest absolute Gasteiger partial charge is 0.369 e. The predicted octanol–water partition coefficient (Wildman–Crippen LogP) is 3.52. The molecule has 1 aromatic heterocycles. The lowest BCUT2D eigenvalue weighted by Crippen LogP contribution is -2.48. The molecule has 29 heavy (non-hydrogen) atoms. The highest BCUT2D eigenvalue weighted by atomic mass is 32.1. The highest BCUT2D eigenvalue weighted by molar-refractivity contribution is 7.11. The van der Waals surface area contributed by atoms with Crippen LogP contribution in [0.3, 0.4) is 0 Å². The molecule has 0 bridgehead atoms. The van der Waals surface area contributed by atoms with Crippen molar-refractivity contribution in [3.05, 3.63) is 45.4 Å². The van der Waals surface area contributed by atoms with E-state index < -0.39 is 0 Å². The van der Waals surface area contributed by atoms with Crippen molar-refractivity contribution < 1.29 is 4.79 Å². The summed E-state index contributed by atoms with van der Waals surface area (Å²) in [5.41, 5.74) is 3.23. The summed E-state index contributed by atoms with van der Waals surface area (Å²) in [6.45, 7) is 9.44. The van der Waals surface area contributed by atoms with Crippen LogP contribution in [0.2, 0.25) is 0 Å². The fraction of sp³-hybridized carbons (Fsp3) is 0.565. The van der Waals surface area contributed by atoms with Crippen molar-refractivity contribution in [1.82, 2.24) is 15.2 Å². The number of benzene rings is 1. The van der Waals surface area contributed by atoms with Crippen LogP contribution in [0.4, 0.5) is 5.69 Å². The predicted molar refractivity (Wildman–Crippen MR) is 120 cm³/mol. The number of anilines is 1. The molecule has 0 unspecified atom stereocenters. The quantitative estimate of drug-likeness (QED) is 0.789. The molecule has 1 aliphatic heterocycles. The topological polar surface area (TPSA) is 48.5 Å². The molecule has 1 aromatic carbocycles. The molecule has 5 nitrogen and oxygen atoms in total. The standard InChI is InChI=1S/C23H32N4OS/c1-17(2)26-13-15-27(16-14-26)19-9-7-18(8-10-19)23(28)24-12-11-22-25-20-5-3-4-6-21(20)29-22/h7-10,17H,3-6,11-16H2,1-2H3,(H,24,28). The zero-order chi connectivity index (χ0) is 20.2. The van der Waals surface area contributed by atoms with Crippen molar-refractivity contribution >= 4 is 22.9 Å². The number of fused-ring (bicyclic) bond motifs is 1. The second kappa shape index (κ2) is 9.26. The molecule has 6 heteroatoms. The molecule has 4 rings (SSSR count). The number of rotatable bonds is 6. The lowest BCUT2D eigenvalue weighted by molar-refractivity contribution is 0.0954. The zero-order valence-electron chi connectivity index (χ0n) is 17.6. The van der Waals surface area contributed by atoms with Gasteiger partial charge in [0, 0.05) is 61.3 Å². The number of aryl methyl sites for hydroxylation is 2. The highest BCUT2D eigenvalue weighted by Crippen LogP contribution is 2.26. The monoisotopic (exact) mass is 412 g/mol. The van der Waals surface area contributed by atoms with E-state index in [9.17, 15) is 4.79 Å². The molecule has 156 valence electrons. The Hall–Kier alpha value is -1.92. The summed E-state index contributed by atoms with van der Waals surface area (Å²) in [6.07, 6.45) is 5.67. The lowest BCUT2D eigenvalue weighted by Gasteiger charge is -2.38. The molecule has 1 saturated heterocycles. The van der Waals surface area contributed by atoms with Crippen LogP contribution in [0.1, 0.15) is 52.6 Å². The minimum Gasteiger partial charge on any atom is -0.369 e. The van der Waals surface area contributed by atoms with E-state index in [1.807, 2.05) is 23.5 Å². The average Bonchev–Trinajstić information content (AvgIpc) is 3.16. The summed E-state index contributed by atoms with van der Waals surface area (Å²) in [4.78, 5) is 23.6. The molecule has 1 fully saturated rings. The third kappa shape index (κ3) is 4.98. The van der Waals surface area contributed by atoms with Crippen molar-refractivity contribution in [2.24, 2.45) is 0 Å². The van der Waals surface area contributed by atoms with Gasteiger partial charge in [0.25, 0.3) is 5.91 Å². The molecular weight excluding hydrogens is 380 g/mol. The van der Waals surface area contributed by atoms with Gasteiger partial charge in [-0.05, 0) is 63.8 Å². The first-order valence-electron chi connectivity index (χ1n) is 10.9. The first kappa shape index (κ1) is 20.4. The number of hydrogen-bond acceptors (Lipinski definition) is 5. The summed E-state index contributed by atoms with van der Waals surface area (Å²) < 4.78 is 0. The maximum absolute atomic E-state index is 12.5. The summed E-state index contributed by atoms with van der Waals surface area (Å²) in [5, 5.41) is 4.21. The number of hydrogen-bond donors (Lipinski definition) is 1. The minimum absolute atomic E-state index is 0.00231. The van der Waals surface area contributed by atoms with E-state index in [1.165, 1.54) is 35.5 Å². The van der Waals surface area contributed by atoms with Crippen LogP contribution in [0.15, 0.2) is 24.3 Å². The number of piperazine rings is 1. The van der Waals surface area contributed by atoms with Gasteiger partial charge in [0.1, 0.15) is 0 Å². The highest BCUT2D eigenvalue weighted by Gasteiger charge is 2.19. The maximum Gasteiger partial charge on any atom is 0.251 e. The Morgan fingerprint density at radius 3 is 2.52 bits per heavy atom. The van der Waals surface area contributed by atoms with E-state index in [0.717, 1.165) is 49.6 Å². The van der Waals surface area contributed by atoms with Crippen LogP contribution >= 0.6 is 11.3 Å². The fourth-order valence-electron chi connectivity index (χ4n) is 4.22. The Morgan fingerprint density at radius 2 is 1.83 bits per heavy atom. The number of nitrogens with zero attached hydrogens (tertiary/aromatic N) is 3. The maximum atomic E-state index is 12.5. The van der Waals surface area contributed by atoms with E-state index in [2.05, 4.69) is 41.1 Å². The number of carbonyl (C=O) groups excluding carboxylic acids is 1. The van der Waals surface area contributed by atoms with Crippen molar-refractivity contribution in [2.45, 2.75) is 52.0 Å². The van der Waals surface area contributed by atoms with Crippen LogP contribution in [0, 0.1) is 0 Å². The van der Waals surface area contributed by atoms with Crippen molar-refractivity contribution in [3.8, 4) is 0 Å². The van der Waals surface area contributed by atoms with Crippen molar-refractivity contribution in [2.75, 3.05) is 37.6 Å². The van der Waals surface area contributed by atoms with Crippen LogP contribution < -0.4 is 10.2 Å². The third-order valence-corrected chi connectivity index (χ3v) is 7.27. The van der Waals surface area contributed by atoms with Gasteiger partial charge >= 0.3 is 0 Å². The first-order valence-corrected chi connectivity index (χ1v) is 11.8. The van der Waals surface area contributed by atoms with Gasteiger partial charge in [0.15, 0.2) is 0 Å². The SMILES string of the molecule is CC(C)N1CCN(c2ccc(C(=O)NCCc3nc4c(s3)CCCC4)cc2)CC1. The smallest absolute Gasteiger partial charge is 0.251 e. The van der Waals surface area contributed by atoms with Gasteiger partial charge in [-0.15, -0.1) is 11.3 Å². The Morgan fingerprint density at radius 1 is 1.10 bits per heavy atom. The normalized spacial score (nSPS) is 17.4. The Bertz CT molecular complexity index is 798. The molecular formula is C23H32N4OS. The van der Waals surface area contributed by atoms with Crippen LogP contribution in [0.5, 0.6) is 0 Å². The minimum atomic E-state index is 0.00231. The number of aromatic nitrogens is 1. The second-order valence-electron chi connectivity index (χ2n) is 8.35. The molecule has 0 saturated carbocycles. The Balaban J connectivity index is 1.25. The fourth-order valence-corrected chi connectivity index (χ4v) is 5.37. The Labute approximate surface area is 178 Å². The van der Waals surface area contributed by atoms with Gasteiger partial charge in [-0.2, -0.15) is 0 Å². The third-order valence-electron chi connectivity index (χ3n) is 6.05. The van der Waals surface area contributed by atoms with Gasteiger partial charge < -0.3 is 10.2 Å². The van der Waals surface area contributed by atoms with E-state index >= 15 is 0 Å². The van der Waals surface area contributed by atoms with Gasteiger partial charge in [-0.1, -0.05) is 0 Å². The van der Waals surface area contributed by atoms with Crippen LogP contribution in [0.25, 0.3) is 0 Å². The van der Waals surface area contributed by atoms with E-state index in [0.29, 0.717) is 12.6 Å². The molecule has 2 aromatic rings. The molecule has 0 spiro atoms. The second-order valence-corrected chi connectivity index (χ2v) is 9.52. The number of thiazole rings is 1. The van der Waals surface area contributed by atoms with Gasteiger partial charge in [0.2, 0.25) is 0 Å². The molecule has 1 aliphatic carbocycles. The van der Waals surface area contributed by atoms with E-state index in [-0.39, 0.29) is 5.91 Å². The Kier molecular flexibility index (Phi) is 6.50. The van der Waals surface area contributed by atoms with Crippen molar-refractivity contribution in [1.29, 1.82) is 0 Å². The molecule has 1 amide bonds. The molecule has 2 heterocycles. The molecule has 0 radical (unpaired) electrons. The number of carbonyl (C=O) groups is 1. The summed E-state index contributed by atoms with van der Waals surface area (Å²) >= 11 is 1.83. The lowest BCUT2D eigenvalue weighted by atomic mass is 10.0.